The Morgan fingerprint density at radius 2 is 2.15 bits per heavy atom. The maximum atomic E-state index is 11.4. The second-order valence-corrected chi connectivity index (χ2v) is 5.77. The minimum Gasteiger partial charge on any atom is -0.382 e. The van der Waals surface area contributed by atoms with Crippen molar-refractivity contribution in [3.05, 3.63) is 16.8 Å². The second kappa shape index (κ2) is 7.97. The summed E-state index contributed by atoms with van der Waals surface area (Å²) in [6, 6.07) is 0. The van der Waals surface area contributed by atoms with Crippen molar-refractivity contribution in [1.29, 1.82) is 0 Å². The molecule has 0 aliphatic rings. The van der Waals surface area contributed by atoms with Crippen molar-refractivity contribution >= 4 is 43.3 Å². The number of rotatable bonds is 9. The van der Waals surface area contributed by atoms with Crippen LogP contribution in [0.5, 0.6) is 0 Å². The summed E-state index contributed by atoms with van der Waals surface area (Å²) in [4.78, 5) is 53.9. The van der Waals surface area contributed by atoms with Gasteiger partial charge in [0.05, 0.1) is 6.61 Å². The van der Waals surface area contributed by atoms with E-state index in [2.05, 4.69) is 29.5 Å². The molecule has 0 aliphatic carbocycles. The number of phosphoric acid groups is 1. The molecule has 16 heteroatoms. The number of nitrogen functional groups attached to an aromatic ring is 1. The van der Waals surface area contributed by atoms with Gasteiger partial charge in [-0.2, -0.15) is 0 Å². The molecule has 2 aromatic heterocycles. The van der Waals surface area contributed by atoms with E-state index in [0.717, 1.165) is 10.9 Å². The Kier molecular flexibility index (Phi) is 5.94. The average molecular weight is 386 g/mol. The van der Waals surface area contributed by atoms with E-state index in [1.54, 1.807) is 0 Å². The summed E-state index contributed by atoms with van der Waals surface area (Å²) >= 11 is 0. The van der Waals surface area contributed by atoms with Crippen LogP contribution < -0.4 is 5.73 Å². The van der Waals surface area contributed by atoms with Gasteiger partial charge in [0.2, 0.25) is 5.95 Å². The number of carbonyl (C=O) groups is 2. The van der Waals surface area contributed by atoms with E-state index in [0.29, 0.717) is 0 Å². The number of hydrogen-bond acceptors (Lipinski definition) is 10. The summed E-state index contributed by atoms with van der Waals surface area (Å²) in [6.07, 6.45) is -1.67. The molecule has 4 N–H and O–H groups in total. The van der Waals surface area contributed by atoms with Gasteiger partial charge in [-0.15, -0.1) is 0 Å². The third kappa shape index (κ3) is 4.37. The number of ether oxygens (including phenoxy) is 1. The average Bonchev–Trinajstić information content (AvgIpc) is 2.94. The summed E-state index contributed by atoms with van der Waals surface area (Å²) in [5.41, 5.74) is 14.3. The first kappa shape index (κ1) is 19.4. The Balaban J connectivity index is 2.42. The lowest BCUT2D eigenvalue weighted by atomic mass is 10.4. The molecule has 2 aromatic rings. The topological polar surface area (TPSA) is 229 Å². The highest BCUT2D eigenvalue weighted by atomic mass is 31.2. The van der Waals surface area contributed by atoms with Gasteiger partial charge in [0.15, 0.2) is 35.8 Å². The first-order valence-electron chi connectivity index (χ1n) is 6.60. The Bertz CT molecular complexity index is 919. The zero-order valence-corrected chi connectivity index (χ0v) is 13.6. The number of aromatic nitrogens is 4. The fraction of sp³-hybridized carbons (Fsp3) is 0.300. The van der Waals surface area contributed by atoms with Crippen LogP contribution in [0.25, 0.3) is 21.6 Å². The van der Waals surface area contributed by atoms with Gasteiger partial charge < -0.3 is 25.1 Å². The third-order valence-electron chi connectivity index (χ3n) is 2.86. The lowest BCUT2D eigenvalue weighted by molar-refractivity contribution is -0.138. The quantitative estimate of drug-likeness (QED) is 0.167. The molecule has 0 saturated heterocycles. The molecular weight excluding hydrogens is 375 g/mol. The van der Waals surface area contributed by atoms with Crippen molar-refractivity contribution in [3.8, 4) is 0 Å². The van der Waals surface area contributed by atoms with Crippen LogP contribution in [0.3, 0.4) is 0 Å². The van der Waals surface area contributed by atoms with Crippen molar-refractivity contribution < 1.29 is 33.2 Å². The number of azide groups is 1. The summed E-state index contributed by atoms with van der Waals surface area (Å²) in [5.74, 6) is -0.420. The number of nitrogens with two attached hydrogens (primary N) is 1. The van der Waals surface area contributed by atoms with E-state index in [4.69, 9.17) is 25.8 Å². The van der Waals surface area contributed by atoms with Crippen LogP contribution in [0, 0.1) is 0 Å². The monoisotopic (exact) mass is 386 g/mol. The molecular formula is C10H11N8O7P. The van der Waals surface area contributed by atoms with Gasteiger partial charge in [0.25, 0.3) is 0 Å². The van der Waals surface area contributed by atoms with Crippen LogP contribution in [-0.2, 0) is 23.4 Å². The van der Waals surface area contributed by atoms with E-state index in [-0.39, 0.29) is 35.5 Å². The van der Waals surface area contributed by atoms with E-state index in [1.807, 2.05) is 0 Å². The van der Waals surface area contributed by atoms with Gasteiger partial charge in [-0.05, 0) is 10.6 Å². The maximum Gasteiger partial charge on any atom is 0.469 e. The zero-order valence-electron chi connectivity index (χ0n) is 12.7. The van der Waals surface area contributed by atoms with E-state index < -0.39 is 26.8 Å². The van der Waals surface area contributed by atoms with Crippen LogP contribution in [0.1, 0.15) is 6.23 Å². The Morgan fingerprint density at radius 3 is 2.73 bits per heavy atom. The van der Waals surface area contributed by atoms with Crippen molar-refractivity contribution in [3.63, 3.8) is 0 Å². The number of phosphoric ester groups is 1. The molecule has 0 spiro atoms. The second-order valence-electron chi connectivity index (χ2n) is 4.53. The SMILES string of the molecule is [N-]=[N+]=Nc1nc2c(N)ncnc2n1[C@@H](C=O)O[C@H](C=O)COP(=O)(O)O. The summed E-state index contributed by atoms with van der Waals surface area (Å²) in [6.45, 7) is -0.835. The Labute approximate surface area is 143 Å². The van der Waals surface area contributed by atoms with Crippen LogP contribution in [0.4, 0.5) is 11.8 Å². The van der Waals surface area contributed by atoms with Gasteiger partial charge in [-0.25, -0.2) is 19.5 Å². The molecule has 15 nitrogen and oxygen atoms in total. The van der Waals surface area contributed by atoms with Crippen molar-refractivity contribution in [1.82, 2.24) is 19.5 Å². The predicted molar refractivity (Wildman–Crippen MR) is 82.6 cm³/mol. The first-order chi connectivity index (χ1) is 12.3. The standard InChI is InChI=1S/C10H11N8O7P/c11-8-7-9(14-4-13-8)18(10(15-7)16-17-12)6(2-20)25-5(1-19)3-24-26(21,22)23/h1-2,4-6H,3H2,(H2,11,13,14)(H2,21,22,23)/t5-,6-/m1/s1. The van der Waals surface area contributed by atoms with E-state index >= 15 is 0 Å². The highest BCUT2D eigenvalue weighted by Crippen LogP contribution is 2.36. The molecule has 0 bridgehead atoms. The van der Waals surface area contributed by atoms with E-state index in [9.17, 15) is 14.2 Å². The molecule has 0 aromatic carbocycles. The van der Waals surface area contributed by atoms with Gasteiger partial charge in [0, 0.05) is 4.91 Å². The number of nitrogens with zero attached hydrogens (tertiary/aromatic N) is 7. The molecule has 0 radical (unpaired) electrons. The number of hydrogen-bond donors (Lipinski definition) is 3. The van der Waals surface area contributed by atoms with Crippen LogP contribution in [0.2, 0.25) is 0 Å². The number of carbonyl (C=O) groups excluding carboxylic acids is 2. The van der Waals surface area contributed by atoms with Gasteiger partial charge >= 0.3 is 7.82 Å². The van der Waals surface area contributed by atoms with Crippen molar-refractivity contribution in [2.75, 3.05) is 12.3 Å². The summed E-state index contributed by atoms with van der Waals surface area (Å²) in [7, 11) is -4.86. The third-order valence-corrected chi connectivity index (χ3v) is 3.35. The summed E-state index contributed by atoms with van der Waals surface area (Å²) in [5, 5.41) is 3.30. The molecule has 138 valence electrons. The zero-order chi connectivity index (χ0) is 19.3. The van der Waals surface area contributed by atoms with Gasteiger partial charge in [-0.1, -0.05) is 0 Å². The molecule has 0 saturated carbocycles. The lowest BCUT2D eigenvalue weighted by Crippen LogP contribution is -2.27. The van der Waals surface area contributed by atoms with Crippen LogP contribution >= 0.6 is 7.82 Å². The highest BCUT2D eigenvalue weighted by Gasteiger charge is 2.26. The summed E-state index contributed by atoms with van der Waals surface area (Å²) < 4.78 is 21.0. The number of anilines is 1. The van der Waals surface area contributed by atoms with Gasteiger partial charge in [0.1, 0.15) is 12.4 Å². The molecule has 2 atom stereocenters. The van der Waals surface area contributed by atoms with E-state index in [1.165, 1.54) is 0 Å². The fourth-order valence-electron chi connectivity index (χ4n) is 1.87. The van der Waals surface area contributed by atoms with Crippen LogP contribution in [0.15, 0.2) is 11.4 Å². The number of aldehydes is 2. The molecule has 2 rings (SSSR count). The lowest BCUT2D eigenvalue weighted by Gasteiger charge is -2.19. The Hall–Kier alpha value is -2.93. The number of fused-ring (bicyclic) bond motifs is 1. The maximum absolute atomic E-state index is 11.4. The van der Waals surface area contributed by atoms with Crippen LogP contribution in [-0.4, -0.2) is 54.6 Å². The molecule has 0 aliphatic heterocycles. The smallest absolute Gasteiger partial charge is 0.382 e. The molecule has 0 amide bonds. The largest absolute Gasteiger partial charge is 0.469 e. The first-order valence-corrected chi connectivity index (χ1v) is 8.13. The minimum absolute atomic E-state index is 0.0134. The minimum atomic E-state index is -4.86. The normalized spacial score (nSPS) is 13.8. The van der Waals surface area contributed by atoms with Crippen molar-refractivity contribution in [2.45, 2.75) is 12.3 Å². The molecule has 0 fully saturated rings. The highest BCUT2D eigenvalue weighted by molar-refractivity contribution is 7.46. The molecule has 0 unspecified atom stereocenters. The molecule has 26 heavy (non-hydrogen) atoms. The molecule has 2 heterocycles. The Morgan fingerprint density at radius 1 is 1.42 bits per heavy atom. The van der Waals surface area contributed by atoms with Gasteiger partial charge in [-0.3, -0.25) is 13.9 Å². The number of imidazole rings is 1. The predicted octanol–water partition coefficient (Wildman–Crippen LogP) is -0.259. The fourth-order valence-corrected chi connectivity index (χ4v) is 2.21. The van der Waals surface area contributed by atoms with Crippen molar-refractivity contribution in [2.24, 2.45) is 5.11 Å².